The second-order valence-corrected chi connectivity index (χ2v) is 4.77. The molecule has 0 spiro atoms. The average Bonchev–Trinajstić information content (AvgIpc) is 2.30. The molecule has 16 heavy (non-hydrogen) atoms. The Morgan fingerprint density at radius 3 is 3.12 bits per heavy atom. The third-order valence-corrected chi connectivity index (χ3v) is 3.04. The van der Waals surface area contributed by atoms with Gasteiger partial charge in [-0.3, -0.25) is 0 Å². The first-order chi connectivity index (χ1) is 7.84. The summed E-state index contributed by atoms with van der Waals surface area (Å²) in [5.41, 5.74) is 0.949. The summed E-state index contributed by atoms with van der Waals surface area (Å²) in [4.78, 5) is 4.31. The molecule has 2 rings (SSSR count). The molecule has 0 aromatic carbocycles. The van der Waals surface area contributed by atoms with Crippen LogP contribution in [0.4, 0.5) is 0 Å². The zero-order chi connectivity index (χ0) is 11.2. The van der Waals surface area contributed by atoms with Crippen molar-refractivity contribution >= 4 is 15.9 Å². The van der Waals surface area contributed by atoms with E-state index in [-0.39, 0.29) is 6.10 Å². The maximum Gasteiger partial charge on any atom is 0.106 e. The lowest BCUT2D eigenvalue weighted by molar-refractivity contribution is -0.0452. The Hall–Kier alpha value is -0.450. The van der Waals surface area contributed by atoms with Crippen molar-refractivity contribution < 1.29 is 9.47 Å². The van der Waals surface area contributed by atoms with E-state index in [1.165, 1.54) is 12.8 Å². The van der Waals surface area contributed by atoms with Gasteiger partial charge in [0.1, 0.15) is 4.60 Å². The van der Waals surface area contributed by atoms with Gasteiger partial charge in [0.2, 0.25) is 0 Å². The lowest BCUT2D eigenvalue weighted by Crippen LogP contribution is -2.24. The van der Waals surface area contributed by atoms with Crippen LogP contribution in [0.2, 0.25) is 0 Å². The Morgan fingerprint density at radius 1 is 1.44 bits per heavy atom. The normalized spacial score (nSPS) is 20.9. The van der Waals surface area contributed by atoms with Crippen molar-refractivity contribution in [1.29, 1.82) is 0 Å². The van der Waals surface area contributed by atoms with E-state index < -0.39 is 0 Å². The fourth-order valence-electron chi connectivity index (χ4n) is 1.76. The molecule has 0 bridgehead atoms. The highest BCUT2D eigenvalue weighted by Crippen LogP contribution is 2.13. The number of ether oxygens (including phenoxy) is 2. The van der Waals surface area contributed by atoms with Crippen LogP contribution in [0.15, 0.2) is 22.8 Å². The van der Waals surface area contributed by atoms with E-state index in [2.05, 4.69) is 20.9 Å². The monoisotopic (exact) mass is 285 g/mol. The van der Waals surface area contributed by atoms with Crippen molar-refractivity contribution in [3.63, 3.8) is 0 Å². The predicted molar refractivity (Wildman–Crippen MR) is 65.2 cm³/mol. The topological polar surface area (TPSA) is 31.4 Å². The summed E-state index contributed by atoms with van der Waals surface area (Å²) in [6.07, 6.45) is 3.83. The van der Waals surface area contributed by atoms with Crippen molar-refractivity contribution in [2.45, 2.75) is 32.0 Å². The van der Waals surface area contributed by atoms with Crippen LogP contribution in [0.25, 0.3) is 0 Å². The van der Waals surface area contributed by atoms with Crippen LogP contribution in [-0.4, -0.2) is 24.3 Å². The van der Waals surface area contributed by atoms with Gasteiger partial charge in [-0.1, -0.05) is 6.07 Å². The fraction of sp³-hybridized carbons (Fsp3) is 0.583. The fourth-order valence-corrected chi connectivity index (χ4v) is 2.14. The second-order valence-electron chi connectivity index (χ2n) is 3.96. The van der Waals surface area contributed by atoms with Gasteiger partial charge in [-0.2, -0.15) is 0 Å². The highest BCUT2D eigenvalue weighted by molar-refractivity contribution is 9.10. The average molecular weight is 286 g/mol. The van der Waals surface area contributed by atoms with Gasteiger partial charge in [-0.25, -0.2) is 4.98 Å². The van der Waals surface area contributed by atoms with E-state index in [0.29, 0.717) is 13.2 Å². The molecular weight excluding hydrogens is 270 g/mol. The van der Waals surface area contributed by atoms with Gasteiger partial charge in [0.25, 0.3) is 0 Å². The molecule has 0 radical (unpaired) electrons. The van der Waals surface area contributed by atoms with Crippen LogP contribution >= 0.6 is 15.9 Å². The Kier molecular flexibility index (Phi) is 4.75. The first-order valence-electron chi connectivity index (χ1n) is 5.65. The Balaban J connectivity index is 1.71. The Bertz CT molecular complexity index is 327. The van der Waals surface area contributed by atoms with Crippen LogP contribution in [0.3, 0.4) is 0 Å². The van der Waals surface area contributed by atoms with E-state index in [1.54, 1.807) is 0 Å². The van der Waals surface area contributed by atoms with Gasteiger partial charge in [-0.05, 0) is 47.3 Å². The number of hydrogen-bond donors (Lipinski definition) is 0. The van der Waals surface area contributed by atoms with Crippen LogP contribution in [0, 0.1) is 0 Å². The van der Waals surface area contributed by atoms with Crippen LogP contribution in [0.1, 0.15) is 25.0 Å². The maximum atomic E-state index is 5.61. The predicted octanol–water partition coefficient (Wildman–Crippen LogP) is 2.93. The number of aromatic nitrogens is 1. The standard InChI is InChI=1S/C12H16BrNO2/c13-12-6-3-4-10(14-12)8-15-9-11-5-1-2-7-16-11/h3-4,6,11H,1-2,5,7-9H2. The maximum absolute atomic E-state index is 5.61. The van der Waals surface area contributed by atoms with Crippen LogP contribution in [0.5, 0.6) is 0 Å². The molecule has 2 heterocycles. The molecule has 0 saturated carbocycles. The lowest BCUT2D eigenvalue weighted by atomic mass is 10.1. The van der Waals surface area contributed by atoms with Gasteiger partial charge >= 0.3 is 0 Å². The number of rotatable bonds is 4. The summed E-state index contributed by atoms with van der Waals surface area (Å²) < 4.78 is 12.0. The second kappa shape index (κ2) is 6.33. The number of nitrogens with zero attached hydrogens (tertiary/aromatic N) is 1. The first-order valence-corrected chi connectivity index (χ1v) is 6.44. The largest absolute Gasteiger partial charge is 0.376 e. The molecule has 88 valence electrons. The zero-order valence-corrected chi connectivity index (χ0v) is 10.8. The van der Waals surface area contributed by atoms with E-state index in [1.807, 2.05) is 18.2 Å². The molecule has 0 aliphatic carbocycles. The summed E-state index contributed by atoms with van der Waals surface area (Å²) in [6, 6.07) is 5.84. The molecule has 1 saturated heterocycles. The molecule has 1 fully saturated rings. The van der Waals surface area contributed by atoms with Crippen molar-refractivity contribution in [2.75, 3.05) is 13.2 Å². The zero-order valence-electron chi connectivity index (χ0n) is 9.19. The third-order valence-electron chi connectivity index (χ3n) is 2.60. The molecule has 1 aromatic rings. The van der Waals surface area contributed by atoms with E-state index in [0.717, 1.165) is 23.3 Å². The molecule has 1 aliphatic heterocycles. The molecule has 1 aliphatic rings. The summed E-state index contributed by atoms with van der Waals surface area (Å²) in [5, 5.41) is 0. The molecule has 3 nitrogen and oxygen atoms in total. The molecule has 4 heteroatoms. The van der Waals surface area contributed by atoms with Gasteiger partial charge in [0, 0.05) is 6.61 Å². The lowest BCUT2D eigenvalue weighted by Gasteiger charge is -2.22. The Labute approximate surface area is 104 Å². The summed E-state index contributed by atoms with van der Waals surface area (Å²) in [5.74, 6) is 0. The summed E-state index contributed by atoms with van der Waals surface area (Å²) in [6.45, 7) is 2.11. The Morgan fingerprint density at radius 2 is 2.38 bits per heavy atom. The van der Waals surface area contributed by atoms with Crippen LogP contribution in [-0.2, 0) is 16.1 Å². The first kappa shape index (κ1) is 12.0. The number of pyridine rings is 1. The number of hydrogen-bond acceptors (Lipinski definition) is 3. The van der Waals surface area contributed by atoms with Gasteiger partial charge in [0.05, 0.1) is 25.0 Å². The molecule has 0 N–H and O–H groups in total. The smallest absolute Gasteiger partial charge is 0.106 e. The van der Waals surface area contributed by atoms with Crippen LogP contribution < -0.4 is 0 Å². The van der Waals surface area contributed by atoms with Crippen molar-refractivity contribution in [3.8, 4) is 0 Å². The molecule has 0 amide bonds. The highest BCUT2D eigenvalue weighted by atomic mass is 79.9. The van der Waals surface area contributed by atoms with Gasteiger partial charge in [0.15, 0.2) is 0 Å². The van der Waals surface area contributed by atoms with Crippen molar-refractivity contribution in [3.05, 3.63) is 28.5 Å². The molecule has 1 atom stereocenters. The van der Waals surface area contributed by atoms with E-state index in [4.69, 9.17) is 9.47 Å². The molecule has 1 unspecified atom stereocenters. The third kappa shape index (κ3) is 3.85. The van der Waals surface area contributed by atoms with E-state index in [9.17, 15) is 0 Å². The minimum absolute atomic E-state index is 0.279. The summed E-state index contributed by atoms with van der Waals surface area (Å²) >= 11 is 3.34. The summed E-state index contributed by atoms with van der Waals surface area (Å²) in [7, 11) is 0. The SMILES string of the molecule is Brc1cccc(COCC2CCCCO2)n1. The minimum atomic E-state index is 0.279. The van der Waals surface area contributed by atoms with Gasteiger partial charge in [-0.15, -0.1) is 0 Å². The van der Waals surface area contributed by atoms with Gasteiger partial charge < -0.3 is 9.47 Å². The van der Waals surface area contributed by atoms with Crippen molar-refractivity contribution in [2.24, 2.45) is 0 Å². The molecule has 1 aromatic heterocycles. The van der Waals surface area contributed by atoms with E-state index >= 15 is 0 Å². The van der Waals surface area contributed by atoms with Crippen molar-refractivity contribution in [1.82, 2.24) is 4.98 Å². The molecular formula is C12H16BrNO2. The highest BCUT2D eigenvalue weighted by Gasteiger charge is 2.13. The minimum Gasteiger partial charge on any atom is -0.376 e. The number of halogens is 1. The quantitative estimate of drug-likeness (QED) is 0.797.